The van der Waals surface area contributed by atoms with Gasteiger partial charge in [-0.1, -0.05) is 55.5 Å². The molecule has 0 bridgehead atoms. The molecule has 2 atom stereocenters. The van der Waals surface area contributed by atoms with E-state index in [1.54, 1.807) is 0 Å². The number of aliphatic imine (C=N–C) groups is 1. The van der Waals surface area contributed by atoms with Crippen LogP contribution >= 0.6 is 0 Å². The first-order chi connectivity index (χ1) is 16.1. The molecule has 0 aliphatic carbocycles. The molecule has 33 heavy (non-hydrogen) atoms. The van der Waals surface area contributed by atoms with Crippen molar-refractivity contribution in [1.82, 2.24) is 4.98 Å². The number of ether oxygens (including phenoxy) is 2. The summed E-state index contributed by atoms with van der Waals surface area (Å²) in [4.78, 5) is 20.5. The highest BCUT2D eigenvalue weighted by Crippen LogP contribution is 2.32. The van der Waals surface area contributed by atoms with Crippen molar-refractivity contribution < 1.29 is 14.3 Å². The maximum absolute atomic E-state index is 11.6. The van der Waals surface area contributed by atoms with Crippen molar-refractivity contribution in [1.29, 1.82) is 0 Å². The van der Waals surface area contributed by atoms with Gasteiger partial charge in [-0.25, -0.2) is 9.78 Å². The Labute approximate surface area is 192 Å². The largest absolute Gasteiger partial charge is 0.488 e. The van der Waals surface area contributed by atoms with E-state index in [0.29, 0.717) is 11.5 Å². The molecule has 5 rings (SSSR count). The van der Waals surface area contributed by atoms with Crippen molar-refractivity contribution in [3.8, 4) is 28.1 Å². The second-order valence-corrected chi connectivity index (χ2v) is 8.23. The molecule has 0 radical (unpaired) electrons. The lowest BCUT2D eigenvalue weighted by Gasteiger charge is -2.25. The van der Waals surface area contributed by atoms with Gasteiger partial charge in [0.15, 0.2) is 0 Å². The first-order valence-corrected chi connectivity index (χ1v) is 11.0. The van der Waals surface area contributed by atoms with E-state index in [9.17, 15) is 4.79 Å². The van der Waals surface area contributed by atoms with Crippen molar-refractivity contribution in [2.24, 2.45) is 10.9 Å². The van der Waals surface area contributed by atoms with Gasteiger partial charge in [-0.05, 0) is 54.4 Å². The zero-order valence-corrected chi connectivity index (χ0v) is 18.6. The average molecular weight is 437 g/mol. The monoisotopic (exact) mass is 436 g/mol. The van der Waals surface area contributed by atoms with Crippen molar-refractivity contribution in [2.75, 3.05) is 6.61 Å². The molecule has 164 valence electrons. The molecule has 0 N–H and O–H groups in total. The maximum Gasteiger partial charge on any atom is 0.433 e. The van der Waals surface area contributed by atoms with E-state index in [0.717, 1.165) is 33.3 Å². The molecular formula is C28H24N2O3. The lowest BCUT2D eigenvalue weighted by atomic mass is 9.98. The topological polar surface area (TPSA) is 60.8 Å². The Hall–Kier alpha value is -3.99. The summed E-state index contributed by atoms with van der Waals surface area (Å²) in [6, 6.07) is 28.6. The van der Waals surface area contributed by atoms with E-state index in [1.807, 2.05) is 74.5 Å². The number of rotatable bonds is 5. The van der Waals surface area contributed by atoms with Gasteiger partial charge in [0, 0.05) is 16.9 Å². The smallest absolute Gasteiger partial charge is 0.433 e. The summed E-state index contributed by atoms with van der Waals surface area (Å²) in [7, 11) is 0. The molecule has 0 spiro atoms. The Morgan fingerprint density at radius 1 is 0.879 bits per heavy atom. The fourth-order valence-corrected chi connectivity index (χ4v) is 4.00. The standard InChI is InChI=1S/C28H24N2O3/c1-18-19(2)33-28(31)30-27(18)17-32-22-14-12-21(13-15-22)26-16-24(20-8-4-3-5-9-20)23-10-6-7-11-25(23)29-26/h3-16,18-19H,17H2,1-2H3. The van der Waals surface area contributed by atoms with Crippen LogP contribution in [0.2, 0.25) is 0 Å². The first-order valence-electron chi connectivity index (χ1n) is 11.0. The summed E-state index contributed by atoms with van der Waals surface area (Å²) in [5.74, 6) is 0.740. The molecule has 5 heteroatoms. The normalized spacial score (nSPS) is 18.0. The van der Waals surface area contributed by atoms with Crippen molar-refractivity contribution in [2.45, 2.75) is 20.0 Å². The number of fused-ring (bicyclic) bond motifs is 1. The van der Waals surface area contributed by atoms with Crippen LogP contribution in [0.15, 0.2) is 89.9 Å². The van der Waals surface area contributed by atoms with Crippen molar-refractivity contribution in [3.63, 3.8) is 0 Å². The number of carbonyl (C=O) groups is 1. The Kier molecular flexibility index (Phi) is 5.61. The highest BCUT2D eigenvalue weighted by Gasteiger charge is 2.27. The molecule has 2 unspecified atom stereocenters. The zero-order valence-electron chi connectivity index (χ0n) is 18.6. The summed E-state index contributed by atoms with van der Waals surface area (Å²) in [5, 5.41) is 1.13. The molecule has 5 nitrogen and oxygen atoms in total. The highest BCUT2D eigenvalue weighted by atomic mass is 16.6. The van der Waals surface area contributed by atoms with Crippen molar-refractivity contribution in [3.05, 3.63) is 84.9 Å². The van der Waals surface area contributed by atoms with E-state index in [1.165, 1.54) is 0 Å². The maximum atomic E-state index is 11.6. The fourth-order valence-electron chi connectivity index (χ4n) is 4.00. The number of pyridine rings is 1. The second kappa shape index (κ2) is 8.87. The van der Waals surface area contributed by atoms with Crippen LogP contribution < -0.4 is 4.74 Å². The Bertz CT molecular complexity index is 1330. The van der Waals surface area contributed by atoms with Crippen LogP contribution in [-0.2, 0) is 4.74 Å². The average Bonchev–Trinajstić information content (AvgIpc) is 2.85. The summed E-state index contributed by atoms with van der Waals surface area (Å²) >= 11 is 0. The predicted octanol–water partition coefficient (Wildman–Crippen LogP) is 6.56. The van der Waals surface area contributed by atoms with E-state index in [2.05, 4.69) is 29.3 Å². The molecule has 3 aromatic carbocycles. The third-order valence-corrected chi connectivity index (χ3v) is 6.09. The molecule has 1 aliphatic rings. The number of hydrogen-bond acceptors (Lipinski definition) is 4. The van der Waals surface area contributed by atoms with Gasteiger partial charge in [0.05, 0.1) is 16.9 Å². The third kappa shape index (κ3) is 4.35. The van der Waals surface area contributed by atoms with E-state index < -0.39 is 6.09 Å². The van der Waals surface area contributed by atoms with Crippen LogP contribution in [0.5, 0.6) is 5.75 Å². The molecule has 1 aromatic heterocycles. The summed E-state index contributed by atoms with van der Waals surface area (Å²) in [5.41, 5.74) is 5.88. The first kappa shape index (κ1) is 20.9. The van der Waals surface area contributed by atoms with Crippen LogP contribution in [0.3, 0.4) is 0 Å². The van der Waals surface area contributed by atoms with E-state index in [-0.39, 0.29) is 18.6 Å². The summed E-state index contributed by atoms with van der Waals surface area (Å²) in [6.45, 7) is 4.11. The fraction of sp³-hybridized carbons (Fsp3) is 0.179. The van der Waals surface area contributed by atoms with Crippen LogP contribution in [0, 0.1) is 5.92 Å². The zero-order chi connectivity index (χ0) is 22.8. The molecule has 4 aromatic rings. The van der Waals surface area contributed by atoms with Gasteiger partial charge in [-0.2, -0.15) is 4.99 Å². The predicted molar refractivity (Wildman–Crippen MR) is 131 cm³/mol. The number of carbonyl (C=O) groups excluding carboxylic acids is 1. The number of aromatic nitrogens is 1. The minimum atomic E-state index is -0.550. The molecule has 1 amide bonds. The number of nitrogens with zero attached hydrogens (tertiary/aromatic N) is 2. The SMILES string of the molecule is CC1OC(=O)N=C(COc2ccc(-c3cc(-c4ccccc4)c4ccccc4n3)cc2)C1C. The molecule has 0 saturated carbocycles. The van der Waals surface area contributed by atoms with E-state index >= 15 is 0 Å². The lowest BCUT2D eigenvalue weighted by Crippen LogP contribution is -2.36. The summed E-state index contributed by atoms with van der Waals surface area (Å²) < 4.78 is 11.0. The van der Waals surface area contributed by atoms with Gasteiger partial charge in [0.25, 0.3) is 0 Å². The van der Waals surface area contributed by atoms with Crippen molar-refractivity contribution >= 4 is 22.7 Å². The minimum absolute atomic E-state index is 0.0279. The number of benzene rings is 3. The Balaban J connectivity index is 1.41. The van der Waals surface area contributed by atoms with Gasteiger partial charge in [-0.15, -0.1) is 0 Å². The van der Waals surface area contributed by atoms with Gasteiger partial charge in [0.2, 0.25) is 0 Å². The molecular weight excluding hydrogens is 412 g/mol. The Morgan fingerprint density at radius 3 is 2.39 bits per heavy atom. The number of cyclic esters (lactones) is 1. The van der Waals surface area contributed by atoms with Crippen LogP contribution in [-0.4, -0.2) is 29.5 Å². The quantitative estimate of drug-likeness (QED) is 0.355. The number of amides is 1. The minimum Gasteiger partial charge on any atom is -0.488 e. The van der Waals surface area contributed by atoms with Gasteiger partial charge >= 0.3 is 6.09 Å². The van der Waals surface area contributed by atoms with Gasteiger partial charge in [-0.3, -0.25) is 0 Å². The summed E-state index contributed by atoms with van der Waals surface area (Å²) in [6.07, 6.45) is -0.750. The molecule has 0 saturated heterocycles. The third-order valence-electron chi connectivity index (χ3n) is 6.09. The highest BCUT2D eigenvalue weighted by molar-refractivity contribution is 5.98. The lowest BCUT2D eigenvalue weighted by molar-refractivity contribution is 0.0925. The van der Waals surface area contributed by atoms with E-state index in [4.69, 9.17) is 14.5 Å². The molecule has 2 heterocycles. The second-order valence-electron chi connectivity index (χ2n) is 8.23. The Morgan fingerprint density at radius 2 is 1.61 bits per heavy atom. The van der Waals surface area contributed by atoms with Gasteiger partial charge < -0.3 is 9.47 Å². The number of para-hydroxylation sites is 1. The number of hydrogen-bond donors (Lipinski definition) is 0. The van der Waals surface area contributed by atoms with Gasteiger partial charge in [0.1, 0.15) is 18.5 Å². The molecule has 0 fully saturated rings. The van der Waals surface area contributed by atoms with Crippen LogP contribution in [0.4, 0.5) is 4.79 Å². The molecule has 1 aliphatic heterocycles. The van der Waals surface area contributed by atoms with Crippen LogP contribution in [0.1, 0.15) is 13.8 Å². The van der Waals surface area contributed by atoms with Crippen LogP contribution in [0.25, 0.3) is 33.3 Å².